The van der Waals surface area contributed by atoms with Gasteiger partial charge in [0.05, 0.1) is 0 Å². The van der Waals surface area contributed by atoms with Gasteiger partial charge in [-0.15, -0.1) is 6.58 Å². The van der Waals surface area contributed by atoms with Crippen molar-refractivity contribution < 1.29 is 0 Å². The van der Waals surface area contributed by atoms with Crippen LogP contribution in [0.2, 0.25) is 0 Å². The molecule has 0 spiro atoms. The van der Waals surface area contributed by atoms with Crippen LogP contribution in [-0.4, -0.2) is 0 Å². The van der Waals surface area contributed by atoms with Gasteiger partial charge in [-0.05, 0) is 43.9 Å². The van der Waals surface area contributed by atoms with Gasteiger partial charge in [-0.1, -0.05) is 70.4 Å². The molecule has 1 aliphatic carbocycles. The first-order valence-electron chi connectivity index (χ1n) is 8.07. The van der Waals surface area contributed by atoms with Crippen LogP contribution in [0.3, 0.4) is 0 Å². The minimum absolute atomic E-state index is 0.599. The second-order valence-corrected chi connectivity index (χ2v) is 5.71. The first-order valence-corrected chi connectivity index (χ1v) is 8.07. The summed E-state index contributed by atoms with van der Waals surface area (Å²) in [6.45, 7) is 17.2. The van der Waals surface area contributed by atoms with Crippen LogP contribution in [0.1, 0.15) is 67.2 Å². The Morgan fingerprint density at radius 3 is 2.26 bits per heavy atom. The molecule has 1 aliphatic rings. The fourth-order valence-electron chi connectivity index (χ4n) is 2.53. The maximum absolute atomic E-state index is 3.98. The fourth-order valence-corrected chi connectivity index (χ4v) is 2.53. The molecule has 0 aromatic carbocycles. The van der Waals surface area contributed by atoms with Crippen molar-refractivity contribution >= 4 is 0 Å². The van der Waals surface area contributed by atoms with Crippen molar-refractivity contribution in [1.29, 1.82) is 0 Å². The topological polar surface area (TPSA) is 0 Å². The summed E-state index contributed by atoms with van der Waals surface area (Å²) in [5.74, 6) is 2.11. The number of allylic oxidation sites excluding steroid dienone is 5. The van der Waals surface area contributed by atoms with Gasteiger partial charge in [0.2, 0.25) is 0 Å². The van der Waals surface area contributed by atoms with Crippen LogP contribution in [0, 0.1) is 17.8 Å². The van der Waals surface area contributed by atoms with Crippen LogP contribution in [0.15, 0.2) is 36.0 Å². The van der Waals surface area contributed by atoms with Crippen LogP contribution in [0.5, 0.6) is 0 Å². The second kappa shape index (κ2) is 10.1. The summed E-state index contributed by atoms with van der Waals surface area (Å²) in [7, 11) is 0. The molecule has 0 fully saturated rings. The summed E-state index contributed by atoms with van der Waals surface area (Å²) in [6.07, 6.45) is 11.9. The van der Waals surface area contributed by atoms with Gasteiger partial charge in [0.25, 0.3) is 0 Å². The first kappa shape index (κ1) is 18.2. The van der Waals surface area contributed by atoms with Crippen molar-refractivity contribution in [2.75, 3.05) is 0 Å². The van der Waals surface area contributed by atoms with E-state index in [1.54, 1.807) is 5.57 Å². The summed E-state index contributed by atoms with van der Waals surface area (Å²) in [4.78, 5) is 0. The predicted molar refractivity (Wildman–Crippen MR) is 89.3 cm³/mol. The monoisotopic (exact) mass is 262 g/mol. The largest absolute Gasteiger partial charge is 0.103 e. The van der Waals surface area contributed by atoms with Gasteiger partial charge in [0.15, 0.2) is 0 Å². The van der Waals surface area contributed by atoms with Gasteiger partial charge in [-0.25, -0.2) is 0 Å². The Labute approximate surface area is 121 Å². The number of rotatable bonds is 6. The quantitative estimate of drug-likeness (QED) is 0.476. The summed E-state index contributed by atoms with van der Waals surface area (Å²) in [5, 5.41) is 0. The van der Waals surface area contributed by atoms with Gasteiger partial charge in [0.1, 0.15) is 0 Å². The van der Waals surface area contributed by atoms with Crippen molar-refractivity contribution in [2.45, 2.75) is 67.2 Å². The standard InChI is InChI=1S/C17H28.C2H6/c1-6-13(3)12-17(15(5)7-2)16-10-8-14(4)9-11-16;1-2/h7-8,10,13,15,17H,2,6,9,11-12H2,1,3-5H3;1-2H3. The summed E-state index contributed by atoms with van der Waals surface area (Å²) < 4.78 is 0. The molecule has 0 amide bonds. The Kier molecular flexibility index (Phi) is 9.65. The van der Waals surface area contributed by atoms with Crippen LogP contribution in [0.25, 0.3) is 0 Å². The maximum atomic E-state index is 3.98. The molecule has 0 heteroatoms. The highest BCUT2D eigenvalue weighted by Crippen LogP contribution is 2.34. The number of hydrogen-bond donors (Lipinski definition) is 0. The Balaban J connectivity index is 0.00000154. The zero-order valence-electron chi connectivity index (χ0n) is 14.0. The van der Waals surface area contributed by atoms with Gasteiger partial charge in [-0.3, -0.25) is 0 Å². The predicted octanol–water partition coefficient (Wildman–Crippen LogP) is 6.55. The second-order valence-electron chi connectivity index (χ2n) is 5.71. The molecule has 110 valence electrons. The smallest absolute Gasteiger partial charge is 0.0137 e. The Morgan fingerprint density at radius 2 is 1.84 bits per heavy atom. The normalized spacial score (nSPS) is 19.3. The van der Waals surface area contributed by atoms with E-state index in [2.05, 4.69) is 52.5 Å². The fraction of sp³-hybridized carbons (Fsp3) is 0.684. The minimum atomic E-state index is 0.599. The van der Waals surface area contributed by atoms with Gasteiger partial charge in [-0.2, -0.15) is 0 Å². The molecule has 0 aromatic heterocycles. The van der Waals surface area contributed by atoms with E-state index >= 15 is 0 Å². The lowest BCUT2D eigenvalue weighted by molar-refractivity contribution is 0.358. The first-order chi connectivity index (χ1) is 9.08. The van der Waals surface area contributed by atoms with Crippen LogP contribution < -0.4 is 0 Å². The van der Waals surface area contributed by atoms with E-state index in [1.807, 2.05) is 13.8 Å². The van der Waals surface area contributed by atoms with E-state index in [1.165, 1.54) is 31.3 Å². The van der Waals surface area contributed by atoms with Gasteiger partial charge >= 0.3 is 0 Å². The molecule has 1 rings (SSSR count). The van der Waals surface area contributed by atoms with E-state index in [0.29, 0.717) is 11.8 Å². The zero-order chi connectivity index (χ0) is 14.8. The average Bonchev–Trinajstić information content (AvgIpc) is 2.47. The Morgan fingerprint density at radius 1 is 1.21 bits per heavy atom. The van der Waals surface area contributed by atoms with E-state index in [9.17, 15) is 0 Å². The molecule has 0 aliphatic heterocycles. The summed E-state index contributed by atoms with van der Waals surface area (Å²) >= 11 is 0. The third-order valence-electron chi connectivity index (χ3n) is 4.23. The van der Waals surface area contributed by atoms with Crippen LogP contribution >= 0.6 is 0 Å². The molecule has 0 N–H and O–H groups in total. The van der Waals surface area contributed by atoms with E-state index in [4.69, 9.17) is 0 Å². The highest BCUT2D eigenvalue weighted by molar-refractivity contribution is 5.25. The molecular weight excluding hydrogens is 228 g/mol. The molecule has 19 heavy (non-hydrogen) atoms. The van der Waals surface area contributed by atoms with Crippen molar-refractivity contribution in [1.82, 2.24) is 0 Å². The molecule has 0 radical (unpaired) electrons. The van der Waals surface area contributed by atoms with Crippen molar-refractivity contribution in [2.24, 2.45) is 17.8 Å². The maximum Gasteiger partial charge on any atom is -0.0137 e. The third-order valence-corrected chi connectivity index (χ3v) is 4.23. The van der Waals surface area contributed by atoms with E-state index in [0.717, 1.165) is 5.92 Å². The van der Waals surface area contributed by atoms with E-state index in [-0.39, 0.29) is 0 Å². The molecule has 0 nitrogen and oxygen atoms in total. The Bertz CT molecular complexity index is 306. The highest BCUT2D eigenvalue weighted by Gasteiger charge is 2.22. The lowest BCUT2D eigenvalue weighted by Crippen LogP contribution is -2.17. The third kappa shape index (κ3) is 6.27. The van der Waals surface area contributed by atoms with Crippen LogP contribution in [0.4, 0.5) is 0 Å². The summed E-state index contributed by atoms with van der Waals surface area (Å²) in [6, 6.07) is 0. The molecule has 0 heterocycles. The highest BCUT2D eigenvalue weighted by atomic mass is 14.3. The van der Waals surface area contributed by atoms with Crippen LogP contribution in [-0.2, 0) is 0 Å². The minimum Gasteiger partial charge on any atom is -0.103 e. The van der Waals surface area contributed by atoms with E-state index < -0.39 is 0 Å². The zero-order valence-corrected chi connectivity index (χ0v) is 14.0. The Hall–Kier alpha value is -0.780. The van der Waals surface area contributed by atoms with Crippen molar-refractivity contribution in [3.05, 3.63) is 36.0 Å². The lowest BCUT2D eigenvalue weighted by Gasteiger charge is -2.28. The summed E-state index contributed by atoms with van der Waals surface area (Å²) in [5.41, 5.74) is 3.16. The lowest BCUT2D eigenvalue weighted by atomic mass is 9.77. The molecule has 3 atom stereocenters. The molecule has 0 aromatic rings. The van der Waals surface area contributed by atoms with Crippen molar-refractivity contribution in [3.8, 4) is 0 Å². The molecule has 0 saturated carbocycles. The molecule has 3 unspecified atom stereocenters. The molecule has 0 bridgehead atoms. The van der Waals surface area contributed by atoms with Gasteiger partial charge < -0.3 is 0 Å². The van der Waals surface area contributed by atoms with Gasteiger partial charge in [0, 0.05) is 0 Å². The molecule has 0 saturated heterocycles. The SMILES string of the molecule is C=CC(C)C(CC(C)CC)C1=CC=C(C)CC1.CC. The van der Waals surface area contributed by atoms with Crippen molar-refractivity contribution in [3.63, 3.8) is 0 Å². The molecular formula is C19H34. The number of hydrogen-bond acceptors (Lipinski definition) is 0. The average molecular weight is 262 g/mol.